The lowest BCUT2D eigenvalue weighted by atomic mass is 10.3. The van der Waals surface area contributed by atoms with E-state index in [4.69, 9.17) is 5.14 Å². The van der Waals surface area contributed by atoms with Gasteiger partial charge in [-0.3, -0.25) is 4.79 Å². The highest BCUT2D eigenvalue weighted by atomic mass is 32.2. The molecule has 0 aliphatic heterocycles. The van der Waals surface area contributed by atoms with Crippen LogP contribution >= 0.6 is 0 Å². The van der Waals surface area contributed by atoms with Gasteiger partial charge in [0.15, 0.2) is 0 Å². The molecule has 0 fully saturated rings. The van der Waals surface area contributed by atoms with E-state index in [2.05, 4.69) is 0 Å². The topological polar surface area (TPSA) is 85.4 Å². The van der Waals surface area contributed by atoms with Crippen LogP contribution in [0.1, 0.15) is 30.4 Å². The lowest BCUT2D eigenvalue weighted by Gasteiger charge is -2.20. The molecule has 0 bridgehead atoms. The molecule has 6 nitrogen and oxygen atoms in total. The molecular weight excluding hydrogens is 311 g/mol. The van der Waals surface area contributed by atoms with E-state index in [1.54, 1.807) is 13.8 Å². The zero-order valence-corrected chi connectivity index (χ0v) is 12.5. The van der Waals surface area contributed by atoms with Gasteiger partial charge in [0.05, 0.1) is 0 Å². The first-order valence-corrected chi connectivity index (χ1v) is 7.44. The fraction of sp³-hybridized carbons (Fsp3) is 0.545. The van der Waals surface area contributed by atoms with Gasteiger partial charge in [-0.25, -0.2) is 13.6 Å². The second-order valence-corrected chi connectivity index (χ2v) is 6.44. The number of carbonyl (C=O) groups is 1. The molecule has 0 saturated heterocycles. The highest BCUT2D eigenvalue weighted by Crippen LogP contribution is 2.21. The molecule has 1 aromatic heterocycles. The van der Waals surface area contributed by atoms with Crippen LogP contribution in [0.5, 0.6) is 0 Å². The number of amides is 1. The third-order valence-corrected chi connectivity index (χ3v) is 3.57. The summed E-state index contributed by atoms with van der Waals surface area (Å²) < 4.78 is 60.8. The van der Waals surface area contributed by atoms with Crippen molar-refractivity contribution in [2.45, 2.75) is 31.0 Å². The number of sulfonamides is 1. The van der Waals surface area contributed by atoms with Crippen LogP contribution in [0.3, 0.4) is 0 Å². The van der Waals surface area contributed by atoms with Crippen LogP contribution in [0.15, 0.2) is 17.2 Å². The van der Waals surface area contributed by atoms with Gasteiger partial charge in [0.2, 0.25) is 10.0 Å². The Kier molecular flexibility index (Phi) is 4.73. The number of nitrogens with zero attached hydrogens (tertiary/aromatic N) is 2. The van der Waals surface area contributed by atoms with Crippen LogP contribution < -0.4 is 5.14 Å². The minimum atomic E-state index is -4.54. The van der Waals surface area contributed by atoms with Crippen molar-refractivity contribution in [2.75, 3.05) is 13.6 Å². The van der Waals surface area contributed by atoms with Crippen LogP contribution in [-0.4, -0.2) is 43.6 Å². The van der Waals surface area contributed by atoms with Crippen LogP contribution in [0.25, 0.3) is 0 Å². The Balaban J connectivity index is 3.23. The first kappa shape index (κ1) is 17.5. The van der Waals surface area contributed by atoms with Crippen LogP contribution in [0, 0.1) is 0 Å². The van der Waals surface area contributed by atoms with Crippen molar-refractivity contribution in [3.63, 3.8) is 0 Å². The van der Waals surface area contributed by atoms with Crippen molar-refractivity contribution >= 4 is 15.9 Å². The molecule has 1 amide bonds. The molecule has 0 radical (unpaired) electrons. The fourth-order valence-electron chi connectivity index (χ4n) is 1.74. The van der Waals surface area contributed by atoms with E-state index in [1.165, 1.54) is 4.57 Å². The normalized spacial score (nSPS) is 12.8. The molecule has 120 valence electrons. The van der Waals surface area contributed by atoms with Gasteiger partial charge in [-0.05, 0) is 19.9 Å². The van der Waals surface area contributed by atoms with E-state index in [1.807, 2.05) is 0 Å². The third-order valence-electron chi connectivity index (χ3n) is 2.69. The largest absolute Gasteiger partial charge is 0.406 e. The van der Waals surface area contributed by atoms with Crippen molar-refractivity contribution in [3.8, 4) is 0 Å². The molecule has 0 aromatic carbocycles. The molecule has 1 aromatic rings. The number of primary sulfonamides is 1. The molecule has 0 unspecified atom stereocenters. The summed E-state index contributed by atoms with van der Waals surface area (Å²) in [6.45, 7) is 1.89. The predicted octanol–water partition coefficient (Wildman–Crippen LogP) is 1.35. The number of hydrogen-bond acceptors (Lipinski definition) is 3. The minimum Gasteiger partial charge on any atom is -0.340 e. The number of halogens is 3. The van der Waals surface area contributed by atoms with Crippen molar-refractivity contribution in [1.82, 2.24) is 9.47 Å². The summed E-state index contributed by atoms with van der Waals surface area (Å²) in [5, 5.41) is 4.97. The van der Waals surface area contributed by atoms with Crippen molar-refractivity contribution in [1.29, 1.82) is 0 Å². The van der Waals surface area contributed by atoms with Gasteiger partial charge < -0.3 is 9.47 Å². The molecule has 0 aliphatic rings. The maximum atomic E-state index is 12.3. The van der Waals surface area contributed by atoms with Crippen molar-refractivity contribution in [2.24, 2.45) is 5.14 Å². The summed E-state index contributed by atoms with van der Waals surface area (Å²) in [7, 11) is -3.06. The Morgan fingerprint density at radius 3 is 2.33 bits per heavy atom. The average Bonchev–Trinajstić information content (AvgIpc) is 2.69. The Morgan fingerprint density at radius 2 is 1.95 bits per heavy atom. The number of aromatic nitrogens is 1. The summed E-state index contributed by atoms with van der Waals surface area (Å²) in [6, 6.07) is 0.656. The van der Waals surface area contributed by atoms with Crippen LogP contribution in [0.4, 0.5) is 13.2 Å². The highest BCUT2D eigenvalue weighted by Gasteiger charge is 2.33. The maximum absolute atomic E-state index is 12.3. The first-order chi connectivity index (χ1) is 9.33. The second kappa shape index (κ2) is 5.68. The molecule has 0 spiro atoms. The lowest BCUT2D eigenvalue weighted by Crippen LogP contribution is -2.36. The first-order valence-electron chi connectivity index (χ1n) is 5.90. The van der Waals surface area contributed by atoms with E-state index in [0.29, 0.717) is 4.90 Å². The second-order valence-electron chi connectivity index (χ2n) is 4.88. The quantitative estimate of drug-likeness (QED) is 0.906. The van der Waals surface area contributed by atoms with Gasteiger partial charge in [-0.15, -0.1) is 0 Å². The van der Waals surface area contributed by atoms with Gasteiger partial charge >= 0.3 is 6.18 Å². The zero-order valence-electron chi connectivity index (χ0n) is 11.7. The molecule has 1 rings (SSSR count). The minimum absolute atomic E-state index is 0.166. The molecule has 1 heterocycles. The Labute approximate surface area is 120 Å². The predicted molar refractivity (Wildman–Crippen MR) is 69.2 cm³/mol. The summed E-state index contributed by atoms with van der Waals surface area (Å²) >= 11 is 0. The standard InChI is InChI=1S/C11H16F3N3O3S/c1-7(2)17-5-8(21(15,19)20)4-9(17)10(18)16(3)6-11(12,13)14/h4-5,7H,6H2,1-3H3,(H2,15,19,20). The van der Waals surface area contributed by atoms with Crippen LogP contribution in [0.2, 0.25) is 0 Å². The number of nitrogens with two attached hydrogens (primary N) is 1. The summed E-state index contributed by atoms with van der Waals surface area (Å²) in [4.78, 5) is 12.2. The van der Waals surface area contributed by atoms with Crippen molar-refractivity contribution < 1.29 is 26.4 Å². The Hall–Kier alpha value is -1.55. The number of carbonyl (C=O) groups excluding carboxylic acids is 1. The third kappa shape index (κ3) is 4.46. The molecule has 10 heteroatoms. The zero-order chi connectivity index (χ0) is 16.6. The SMILES string of the molecule is CC(C)n1cc(S(N)(=O)=O)cc1C(=O)N(C)CC(F)(F)F. The smallest absolute Gasteiger partial charge is 0.340 e. The molecule has 21 heavy (non-hydrogen) atoms. The lowest BCUT2D eigenvalue weighted by molar-refractivity contribution is -0.138. The van der Waals surface area contributed by atoms with Crippen molar-refractivity contribution in [3.05, 3.63) is 18.0 Å². The van der Waals surface area contributed by atoms with Gasteiger partial charge in [-0.2, -0.15) is 13.2 Å². The fourth-order valence-corrected chi connectivity index (χ4v) is 2.28. The van der Waals surface area contributed by atoms with E-state index in [-0.39, 0.29) is 16.6 Å². The number of hydrogen-bond donors (Lipinski definition) is 1. The monoisotopic (exact) mass is 327 g/mol. The molecule has 2 N–H and O–H groups in total. The number of alkyl halides is 3. The van der Waals surface area contributed by atoms with Crippen LogP contribution in [-0.2, 0) is 10.0 Å². The molecule has 0 aliphatic carbocycles. The van der Waals surface area contributed by atoms with Gasteiger partial charge in [0.25, 0.3) is 5.91 Å². The summed E-state index contributed by atoms with van der Waals surface area (Å²) in [5.74, 6) is -0.934. The highest BCUT2D eigenvalue weighted by molar-refractivity contribution is 7.89. The van der Waals surface area contributed by atoms with Gasteiger partial charge in [0, 0.05) is 19.3 Å². The average molecular weight is 327 g/mol. The van der Waals surface area contributed by atoms with Gasteiger partial charge in [-0.1, -0.05) is 0 Å². The van der Waals surface area contributed by atoms with E-state index in [0.717, 1.165) is 19.3 Å². The summed E-state index contributed by atoms with van der Waals surface area (Å²) in [5.41, 5.74) is -0.166. The Bertz CT molecular complexity index is 635. The molecule has 0 saturated carbocycles. The Morgan fingerprint density at radius 1 is 1.43 bits per heavy atom. The molecular formula is C11H16F3N3O3S. The van der Waals surface area contributed by atoms with E-state index >= 15 is 0 Å². The summed E-state index contributed by atoms with van der Waals surface area (Å²) in [6.07, 6.45) is -3.41. The van der Waals surface area contributed by atoms with E-state index in [9.17, 15) is 26.4 Å². The molecule has 0 atom stereocenters. The number of rotatable bonds is 4. The van der Waals surface area contributed by atoms with Gasteiger partial charge in [0.1, 0.15) is 17.1 Å². The maximum Gasteiger partial charge on any atom is 0.406 e. The van der Waals surface area contributed by atoms with E-state index < -0.39 is 28.7 Å².